The summed E-state index contributed by atoms with van der Waals surface area (Å²) in [5.41, 5.74) is 0. The lowest BCUT2D eigenvalue weighted by Gasteiger charge is -2.21. The predicted octanol–water partition coefficient (Wildman–Crippen LogP) is 3.24. The van der Waals surface area contributed by atoms with Crippen molar-refractivity contribution in [3.8, 4) is 6.07 Å². The van der Waals surface area contributed by atoms with Gasteiger partial charge in [0.2, 0.25) is 0 Å². The van der Waals surface area contributed by atoms with Gasteiger partial charge < -0.3 is 0 Å². The van der Waals surface area contributed by atoms with Gasteiger partial charge in [-0.2, -0.15) is 5.26 Å². The molecule has 11 heavy (non-hydrogen) atoms. The predicted molar refractivity (Wildman–Crippen MR) is 49.5 cm³/mol. The van der Waals surface area contributed by atoms with Crippen LogP contribution in [0.1, 0.15) is 38.5 Å². The Morgan fingerprint density at radius 3 is 2.55 bits per heavy atom. The van der Waals surface area contributed by atoms with E-state index in [4.69, 9.17) is 5.26 Å². The summed E-state index contributed by atoms with van der Waals surface area (Å²) >= 11 is 3.35. The van der Waals surface area contributed by atoms with Crippen molar-refractivity contribution in [2.24, 2.45) is 5.92 Å². The van der Waals surface area contributed by atoms with Crippen molar-refractivity contribution in [3.63, 3.8) is 0 Å². The van der Waals surface area contributed by atoms with Gasteiger partial charge in [-0.1, -0.05) is 48.0 Å². The molecule has 0 aromatic carbocycles. The first-order valence-electron chi connectivity index (χ1n) is 4.36. The van der Waals surface area contributed by atoms with E-state index >= 15 is 0 Å². The van der Waals surface area contributed by atoms with Crippen LogP contribution in [0.3, 0.4) is 0 Å². The van der Waals surface area contributed by atoms with E-state index in [1.165, 1.54) is 32.1 Å². The van der Waals surface area contributed by atoms with Crippen LogP contribution in [0.15, 0.2) is 0 Å². The van der Waals surface area contributed by atoms with Gasteiger partial charge in [0.15, 0.2) is 0 Å². The van der Waals surface area contributed by atoms with Gasteiger partial charge in [0.05, 0.1) is 6.07 Å². The minimum Gasteiger partial charge on any atom is -0.197 e. The van der Waals surface area contributed by atoms with E-state index in [0.717, 1.165) is 12.3 Å². The van der Waals surface area contributed by atoms with Crippen molar-refractivity contribution in [2.45, 2.75) is 43.4 Å². The fraction of sp³-hybridized carbons (Fsp3) is 0.889. The molecule has 1 nitrogen and oxygen atoms in total. The number of halogens is 1. The summed E-state index contributed by atoms with van der Waals surface area (Å²) in [6.45, 7) is 0. The fourth-order valence-corrected chi connectivity index (χ4v) is 2.30. The number of nitriles is 1. The normalized spacial score (nSPS) is 22.5. The van der Waals surface area contributed by atoms with Crippen molar-refractivity contribution < 1.29 is 0 Å². The molecule has 1 unspecified atom stereocenters. The number of hydrogen-bond donors (Lipinski definition) is 0. The highest BCUT2D eigenvalue weighted by Crippen LogP contribution is 2.28. The zero-order valence-electron chi connectivity index (χ0n) is 6.72. The molecule has 0 bridgehead atoms. The van der Waals surface area contributed by atoms with Crippen LogP contribution in [0, 0.1) is 17.2 Å². The molecular weight excluding hydrogens is 202 g/mol. The molecule has 62 valence electrons. The Labute approximate surface area is 76.9 Å². The zero-order chi connectivity index (χ0) is 8.10. The lowest BCUT2D eigenvalue weighted by atomic mass is 9.86. The Morgan fingerprint density at radius 2 is 2.00 bits per heavy atom. The maximum Gasteiger partial charge on any atom is 0.102 e. The Morgan fingerprint density at radius 1 is 1.36 bits per heavy atom. The third-order valence-electron chi connectivity index (χ3n) is 2.41. The van der Waals surface area contributed by atoms with Gasteiger partial charge in [0, 0.05) is 0 Å². The van der Waals surface area contributed by atoms with Crippen LogP contribution in [-0.2, 0) is 0 Å². The van der Waals surface area contributed by atoms with E-state index in [0.29, 0.717) is 0 Å². The van der Waals surface area contributed by atoms with Crippen LogP contribution in [0.4, 0.5) is 0 Å². The summed E-state index contributed by atoms with van der Waals surface area (Å²) in [5, 5.41) is 8.57. The molecule has 1 fully saturated rings. The van der Waals surface area contributed by atoms with Crippen molar-refractivity contribution in [3.05, 3.63) is 0 Å². The second-order valence-electron chi connectivity index (χ2n) is 3.34. The van der Waals surface area contributed by atoms with Gasteiger partial charge in [-0.3, -0.25) is 0 Å². The monoisotopic (exact) mass is 215 g/mol. The second kappa shape index (κ2) is 4.77. The average molecular weight is 216 g/mol. The van der Waals surface area contributed by atoms with Gasteiger partial charge in [0.25, 0.3) is 0 Å². The van der Waals surface area contributed by atoms with E-state index in [1.54, 1.807) is 0 Å². The first-order chi connectivity index (χ1) is 5.33. The first kappa shape index (κ1) is 9.06. The SMILES string of the molecule is N#CC(Br)CC1CCCCC1. The topological polar surface area (TPSA) is 23.8 Å². The molecule has 1 atom stereocenters. The molecule has 0 radical (unpaired) electrons. The van der Waals surface area contributed by atoms with Crippen LogP contribution in [0.25, 0.3) is 0 Å². The number of alkyl halides is 1. The minimum atomic E-state index is 0.0885. The lowest BCUT2D eigenvalue weighted by molar-refractivity contribution is 0.345. The molecule has 0 aliphatic heterocycles. The highest BCUT2D eigenvalue weighted by Gasteiger charge is 2.16. The quantitative estimate of drug-likeness (QED) is 0.650. The fourth-order valence-electron chi connectivity index (χ4n) is 1.77. The molecule has 0 saturated heterocycles. The van der Waals surface area contributed by atoms with Crippen molar-refractivity contribution in [1.82, 2.24) is 0 Å². The molecule has 2 heteroatoms. The van der Waals surface area contributed by atoms with E-state index in [-0.39, 0.29) is 4.83 Å². The Hall–Kier alpha value is -0.0300. The molecule has 1 saturated carbocycles. The minimum absolute atomic E-state index is 0.0885. The maximum absolute atomic E-state index is 8.57. The molecule has 0 spiro atoms. The number of nitrogens with zero attached hydrogens (tertiary/aromatic N) is 1. The average Bonchev–Trinajstić information content (AvgIpc) is 2.06. The van der Waals surface area contributed by atoms with Crippen LogP contribution in [0.2, 0.25) is 0 Å². The van der Waals surface area contributed by atoms with E-state index in [1.807, 2.05) is 0 Å². The molecule has 0 heterocycles. The Balaban J connectivity index is 2.20. The molecule has 1 aliphatic carbocycles. The molecule has 0 aromatic rings. The van der Waals surface area contributed by atoms with Crippen LogP contribution < -0.4 is 0 Å². The number of rotatable bonds is 2. The summed E-state index contributed by atoms with van der Waals surface area (Å²) in [4.78, 5) is 0.0885. The van der Waals surface area contributed by atoms with Crippen LogP contribution in [-0.4, -0.2) is 4.83 Å². The molecule has 0 aromatic heterocycles. The molecule has 1 rings (SSSR count). The zero-order valence-corrected chi connectivity index (χ0v) is 8.31. The summed E-state index contributed by atoms with van der Waals surface area (Å²) in [6, 6.07) is 2.23. The van der Waals surface area contributed by atoms with Crippen molar-refractivity contribution in [2.75, 3.05) is 0 Å². The van der Waals surface area contributed by atoms with E-state index in [2.05, 4.69) is 22.0 Å². The van der Waals surface area contributed by atoms with Gasteiger partial charge in [-0.25, -0.2) is 0 Å². The van der Waals surface area contributed by atoms with Crippen LogP contribution in [0.5, 0.6) is 0 Å². The second-order valence-corrected chi connectivity index (χ2v) is 4.44. The lowest BCUT2D eigenvalue weighted by Crippen LogP contribution is -2.10. The Bertz CT molecular complexity index is 144. The Kier molecular flexibility index (Phi) is 3.93. The summed E-state index contributed by atoms with van der Waals surface area (Å²) in [6.07, 6.45) is 7.87. The largest absolute Gasteiger partial charge is 0.197 e. The molecule has 0 N–H and O–H groups in total. The smallest absolute Gasteiger partial charge is 0.102 e. The summed E-state index contributed by atoms with van der Waals surface area (Å²) in [5.74, 6) is 0.813. The van der Waals surface area contributed by atoms with E-state index < -0.39 is 0 Å². The third kappa shape index (κ3) is 3.25. The first-order valence-corrected chi connectivity index (χ1v) is 5.28. The van der Waals surface area contributed by atoms with Crippen molar-refractivity contribution in [1.29, 1.82) is 5.26 Å². The highest BCUT2D eigenvalue weighted by atomic mass is 79.9. The van der Waals surface area contributed by atoms with Gasteiger partial charge in [-0.05, 0) is 12.3 Å². The highest BCUT2D eigenvalue weighted by molar-refractivity contribution is 9.09. The van der Waals surface area contributed by atoms with Gasteiger partial charge >= 0.3 is 0 Å². The molecule has 1 aliphatic rings. The van der Waals surface area contributed by atoms with Crippen LogP contribution >= 0.6 is 15.9 Å². The number of hydrogen-bond acceptors (Lipinski definition) is 1. The van der Waals surface area contributed by atoms with Gasteiger partial charge in [-0.15, -0.1) is 0 Å². The summed E-state index contributed by atoms with van der Waals surface area (Å²) in [7, 11) is 0. The molecule has 0 amide bonds. The summed E-state index contributed by atoms with van der Waals surface area (Å²) < 4.78 is 0. The third-order valence-corrected chi connectivity index (χ3v) is 2.98. The van der Waals surface area contributed by atoms with Gasteiger partial charge in [0.1, 0.15) is 4.83 Å². The standard InChI is InChI=1S/C9H14BrN/c10-9(7-11)6-8-4-2-1-3-5-8/h8-9H,1-6H2. The molecular formula is C9H14BrN. The van der Waals surface area contributed by atoms with E-state index in [9.17, 15) is 0 Å². The van der Waals surface area contributed by atoms with Crippen molar-refractivity contribution >= 4 is 15.9 Å². The maximum atomic E-state index is 8.57.